The van der Waals surface area contributed by atoms with Gasteiger partial charge in [0.05, 0.1) is 0 Å². The molecule has 18 heavy (non-hydrogen) atoms. The van der Waals surface area contributed by atoms with Crippen molar-refractivity contribution in [2.45, 2.75) is 25.9 Å². The summed E-state index contributed by atoms with van der Waals surface area (Å²) in [5.41, 5.74) is 0.776. The number of carbonyl (C=O) groups is 2. The standard InChI is InChI=1S/C12H15ClN2O3/c1-2-10(11(16)17)15-12(18)14-7-8-5-3-4-6-9(8)13/h3-6,10H,2,7H2,1H3,(H,16,17)(H2,14,15,18). The predicted octanol–water partition coefficient (Wildman–Crippen LogP) is 2.00. The fourth-order valence-corrected chi connectivity index (χ4v) is 1.57. The van der Waals surface area contributed by atoms with Crippen LogP contribution in [0.1, 0.15) is 18.9 Å². The van der Waals surface area contributed by atoms with Crippen LogP contribution in [-0.2, 0) is 11.3 Å². The van der Waals surface area contributed by atoms with Gasteiger partial charge in [-0.15, -0.1) is 0 Å². The summed E-state index contributed by atoms with van der Waals surface area (Å²) in [6.45, 7) is 1.94. The monoisotopic (exact) mass is 270 g/mol. The minimum Gasteiger partial charge on any atom is -0.480 e. The number of halogens is 1. The topological polar surface area (TPSA) is 78.4 Å². The minimum absolute atomic E-state index is 0.252. The second-order valence-electron chi connectivity index (χ2n) is 3.72. The van der Waals surface area contributed by atoms with Crippen molar-refractivity contribution < 1.29 is 14.7 Å². The summed E-state index contributed by atoms with van der Waals surface area (Å²) in [6.07, 6.45) is 0.328. The van der Waals surface area contributed by atoms with Gasteiger partial charge in [-0.3, -0.25) is 0 Å². The molecule has 0 aromatic heterocycles. The molecule has 0 aliphatic carbocycles. The van der Waals surface area contributed by atoms with Gasteiger partial charge in [-0.25, -0.2) is 9.59 Å². The summed E-state index contributed by atoms with van der Waals surface area (Å²) < 4.78 is 0. The molecule has 6 heteroatoms. The van der Waals surface area contributed by atoms with Gasteiger partial charge in [0, 0.05) is 11.6 Å². The lowest BCUT2D eigenvalue weighted by molar-refractivity contribution is -0.139. The largest absolute Gasteiger partial charge is 0.480 e. The van der Waals surface area contributed by atoms with Crippen LogP contribution in [0.25, 0.3) is 0 Å². The SMILES string of the molecule is CCC(NC(=O)NCc1ccccc1Cl)C(=O)O. The molecule has 0 bridgehead atoms. The molecule has 5 nitrogen and oxygen atoms in total. The van der Waals surface area contributed by atoms with Gasteiger partial charge in [-0.2, -0.15) is 0 Å². The van der Waals surface area contributed by atoms with Crippen molar-refractivity contribution in [1.29, 1.82) is 0 Å². The number of rotatable bonds is 5. The van der Waals surface area contributed by atoms with Gasteiger partial charge in [-0.1, -0.05) is 36.7 Å². The molecule has 0 saturated carbocycles. The molecular formula is C12H15ClN2O3. The molecule has 2 amide bonds. The highest BCUT2D eigenvalue weighted by molar-refractivity contribution is 6.31. The Balaban J connectivity index is 2.47. The number of benzene rings is 1. The van der Waals surface area contributed by atoms with Crippen molar-refractivity contribution in [3.63, 3.8) is 0 Å². The Morgan fingerprint density at radius 3 is 2.61 bits per heavy atom. The van der Waals surface area contributed by atoms with E-state index in [9.17, 15) is 9.59 Å². The van der Waals surface area contributed by atoms with E-state index < -0.39 is 18.0 Å². The van der Waals surface area contributed by atoms with Crippen molar-refractivity contribution in [1.82, 2.24) is 10.6 Å². The Morgan fingerprint density at radius 2 is 2.06 bits per heavy atom. The third kappa shape index (κ3) is 4.25. The van der Waals surface area contributed by atoms with Gasteiger partial charge in [-0.05, 0) is 18.1 Å². The third-order valence-electron chi connectivity index (χ3n) is 2.41. The number of urea groups is 1. The molecule has 1 unspecified atom stereocenters. The van der Waals surface area contributed by atoms with E-state index in [4.69, 9.17) is 16.7 Å². The van der Waals surface area contributed by atoms with Crippen molar-refractivity contribution in [3.05, 3.63) is 34.9 Å². The lowest BCUT2D eigenvalue weighted by Crippen LogP contribution is -2.45. The second kappa shape index (κ2) is 6.86. The van der Waals surface area contributed by atoms with Crippen LogP contribution in [0.4, 0.5) is 4.79 Å². The first kappa shape index (κ1) is 14.3. The molecule has 0 aliphatic heterocycles. The Hall–Kier alpha value is -1.75. The Kier molecular flexibility index (Phi) is 5.45. The summed E-state index contributed by atoms with van der Waals surface area (Å²) in [5.74, 6) is -1.05. The Morgan fingerprint density at radius 1 is 1.39 bits per heavy atom. The maximum absolute atomic E-state index is 11.5. The molecule has 1 aromatic carbocycles. The fourth-order valence-electron chi connectivity index (χ4n) is 1.36. The van der Waals surface area contributed by atoms with E-state index in [1.165, 1.54) is 0 Å². The molecule has 1 rings (SSSR count). The molecule has 0 aliphatic rings. The molecule has 98 valence electrons. The van der Waals surface area contributed by atoms with Crippen molar-refractivity contribution in [3.8, 4) is 0 Å². The van der Waals surface area contributed by atoms with Crippen molar-refractivity contribution >= 4 is 23.6 Å². The first-order valence-corrected chi connectivity index (χ1v) is 5.93. The van der Waals surface area contributed by atoms with Crippen LogP contribution in [0.15, 0.2) is 24.3 Å². The number of hydrogen-bond acceptors (Lipinski definition) is 2. The van der Waals surface area contributed by atoms with Gasteiger partial charge in [0.1, 0.15) is 6.04 Å². The van der Waals surface area contributed by atoms with Gasteiger partial charge < -0.3 is 15.7 Å². The zero-order valence-electron chi connectivity index (χ0n) is 9.94. The highest BCUT2D eigenvalue weighted by Crippen LogP contribution is 2.14. The molecule has 1 aromatic rings. The van der Waals surface area contributed by atoms with Crippen LogP contribution in [0.3, 0.4) is 0 Å². The highest BCUT2D eigenvalue weighted by Gasteiger charge is 2.17. The van der Waals surface area contributed by atoms with Crippen LogP contribution in [0.5, 0.6) is 0 Å². The molecule has 0 spiro atoms. The van der Waals surface area contributed by atoms with Crippen LogP contribution in [0.2, 0.25) is 5.02 Å². The number of carboxylic acid groups (broad SMARTS) is 1. The average molecular weight is 271 g/mol. The van der Waals surface area contributed by atoms with Gasteiger partial charge >= 0.3 is 12.0 Å². The van der Waals surface area contributed by atoms with E-state index in [2.05, 4.69) is 10.6 Å². The van der Waals surface area contributed by atoms with Crippen LogP contribution in [-0.4, -0.2) is 23.1 Å². The van der Waals surface area contributed by atoms with E-state index >= 15 is 0 Å². The van der Waals surface area contributed by atoms with Crippen molar-refractivity contribution in [2.24, 2.45) is 0 Å². The highest BCUT2D eigenvalue weighted by atomic mass is 35.5. The molecule has 3 N–H and O–H groups in total. The lowest BCUT2D eigenvalue weighted by atomic mass is 10.2. The normalized spacial score (nSPS) is 11.7. The molecule has 0 radical (unpaired) electrons. The molecule has 0 heterocycles. The van der Waals surface area contributed by atoms with Crippen LogP contribution < -0.4 is 10.6 Å². The lowest BCUT2D eigenvalue weighted by Gasteiger charge is -2.13. The first-order chi connectivity index (χ1) is 8.54. The number of amides is 2. The smallest absolute Gasteiger partial charge is 0.326 e. The number of hydrogen-bond donors (Lipinski definition) is 3. The summed E-state index contributed by atoms with van der Waals surface area (Å²) >= 11 is 5.93. The van der Waals surface area contributed by atoms with Gasteiger partial charge in [0.25, 0.3) is 0 Å². The van der Waals surface area contributed by atoms with E-state index in [-0.39, 0.29) is 6.54 Å². The van der Waals surface area contributed by atoms with Gasteiger partial charge in [0.2, 0.25) is 0 Å². The first-order valence-electron chi connectivity index (χ1n) is 5.55. The van der Waals surface area contributed by atoms with E-state index in [1.807, 2.05) is 6.07 Å². The number of carbonyl (C=O) groups excluding carboxylic acids is 1. The summed E-state index contributed by atoms with van der Waals surface area (Å²) in [5, 5.41) is 14.3. The van der Waals surface area contributed by atoms with Crippen molar-refractivity contribution in [2.75, 3.05) is 0 Å². The average Bonchev–Trinajstić information content (AvgIpc) is 2.34. The second-order valence-corrected chi connectivity index (χ2v) is 4.12. The Bertz CT molecular complexity index is 437. The van der Waals surface area contributed by atoms with Crippen LogP contribution in [0, 0.1) is 0 Å². The zero-order valence-corrected chi connectivity index (χ0v) is 10.7. The van der Waals surface area contributed by atoms with E-state index in [0.29, 0.717) is 11.4 Å². The summed E-state index contributed by atoms with van der Waals surface area (Å²) in [7, 11) is 0. The maximum Gasteiger partial charge on any atom is 0.326 e. The minimum atomic E-state index is -1.05. The maximum atomic E-state index is 11.5. The van der Waals surface area contributed by atoms with E-state index in [0.717, 1.165) is 5.56 Å². The molecule has 0 fully saturated rings. The summed E-state index contributed by atoms with van der Waals surface area (Å²) in [4.78, 5) is 22.2. The van der Waals surface area contributed by atoms with Gasteiger partial charge in [0.15, 0.2) is 0 Å². The van der Waals surface area contributed by atoms with E-state index in [1.54, 1.807) is 25.1 Å². The Labute approximate surface area is 110 Å². The predicted molar refractivity (Wildman–Crippen MR) is 68.5 cm³/mol. The van der Waals surface area contributed by atoms with Crippen LogP contribution >= 0.6 is 11.6 Å². The number of aliphatic carboxylic acids is 1. The molecule has 1 atom stereocenters. The number of nitrogens with one attached hydrogen (secondary N) is 2. The molecular weight excluding hydrogens is 256 g/mol. The molecule has 0 saturated heterocycles. The zero-order chi connectivity index (χ0) is 13.5. The fraction of sp³-hybridized carbons (Fsp3) is 0.333. The third-order valence-corrected chi connectivity index (χ3v) is 2.78. The number of carboxylic acids is 1. The quantitative estimate of drug-likeness (QED) is 0.766. The summed E-state index contributed by atoms with van der Waals surface area (Å²) in [6, 6.07) is 5.72.